The number of nitrogens with one attached hydrogen (secondary N) is 1. The van der Waals surface area contributed by atoms with Crippen molar-refractivity contribution in [1.82, 2.24) is 5.32 Å². The van der Waals surface area contributed by atoms with Gasteiger partial charge in [-0.25, -0.2) is 0 Å². The van der Waals surface area contributed by atoms with Gasteiger partial charge in [0.1, 0.15) is 0 Å². The van der Waals surface area contributed by atoms with Gasteiger partial charge in [0, 0.05) is 24.8 Å². The highest BCUT2D eigenvalue weighted by molar-refractivity contribution is 5.56. The quantitative estimate of drug-likeness (QED) is 0.842. The second kappa shape index (κ2) is 6.95. The second-order valence-electron chi connectivity index (χ2n) is 5.74. The number of hydrogen-bond acceptors (Lipinski definition) is 2. The van der Waals surface area contributed by atoms with E-state index in [1.54, 1.807) is 0 Å². The number of anilines is 1. The van der Waals surface area contributed by atoms with E-state index in [0.717, 1.165) is 13.1 Å². The fraction of sp³-hybridized carbons (Fsp3) is 0.647. The highest BCUT2D eigenvalue weighted by Crippen LogP contribution is 2.28. The van der Waals surface area contributed by atoms with Crippen molar-refractivity contribution in [2.24, 2.45) is 0 Å². The smallest absolute Gasteiger partial charge is 0.0399 e. The van der Waals surface area contributed by atoms with Crippen LogP contribution in [0.25, 0.3) is 0 Å². The van der Waals surface area contributed by atoms with E-state index >= 15 is 0 Å². The number of fused-ring (bicyclic) bond motifs is 1. The molecule has 1 aromatic rings. The molecule has 1 N–H and O–H groups in total. The molecule has 1 aliphatic heterocycles. The summed E-state index contributed by atoms with van der Waals surface area (Å²) in [6.45, 7) is 10.2. The molecular formula is C17H28N2. The molecule has 106 valence electrons. The van der Waals surface area contributed by atoms with Gasteiger partial charge in [-0.1, -0.05) is 31.5 Å². The minimum Gasteiger partial charge on any atom is -0.370 e. The molecule has 0 amide bonds. The van der Waals surface area contributed by atoms with Gasteiger partial charge in [0.25, 0.3) is 0 Å². The number of aryl methyl sites for hydroxylation is 2. The monoisotopic (exact) mass is 260 g/mol. The highest BCUT2D eigenvalue weighted by Gasteiger charge is 2.19. The average Bonchev–Trinajstić information content (AvgIpc) is 2.43. The summed E-state index contributed by atoms with van der Waals surface area (Å²) in [7, 11) is 0. The summed E-state index contributed by atoms with van der Waals surface area (Å²) >= 11 is 0. The Labute approximate surface area is 118 Å². The Morgan fingerprint density at radius 3 is 2.89 bits per heavy atom. The summed E-state index contributed by atoms with van der Waals surface area (Å²) < 4.78 is 0. The van der Waals surface area contributed by atoms with E-state index in [1.807, 2.05) is 0 Å². The van der Waals surface area contributed by atoms with Crippen LogP contribution in [0.15, 0.2) is 18.2 Å². The standard InChI is InChI=1S/C17H28N2/c1-4-10-18-16(5-2)13-19-11-6-7-15-12-14(3)8-9-17(15)19/h8-9,12,16,18H,4-7,10-11,13H2,1-3H3. The Morgan fingerprint density at radius 1 is 1.32 bits per heavy atom. The normalized spacial score (nSPS) is 16.3. The molecule has 1 unspecified atom stereocenters. The molecule has 0 aliphatic carbocycles. The first-order valence-electron chi connectivity index (χ1n) is 7.82. The van der Waals surface area contributed by atoms with E-state index in [2.05, 4.69) is 49.2 Å². The van der Waals surface area contributed by atoms with Crippen LogP contribution in [0, 0.1) is 6.92 Å². The first-order chi connectivity index (χ1) is 9.24. The Kier molecular flexibility index (Phi) is 5.26. The van der Waals surface area contributed by atoms with Crippen molar-refractivity contribution in [1.29, 1.82) is 0 Å². The van der Waals surface area contributed by atoms with Gasteiger partial charge >= 0.3 is 0 Å². The number of rotatable bonds is 6. The number of hydrogen-bond donors (Lipinski definition) is 1. The lowest BCUT2D eigenvalue weighted by molar-refractivity contribution is 0.482. The highest BCUT2D eigenvalue weighted by atomic mass is 15.2. The lowest BCUT2D eigenvalue weighted by atomic mass is 9.99. The van der Waals surface area contributed by atoms with Crippen LogP contribution in [-0.2, 0) is 6.42 Å². The summed E-state index contributed by atoms with van der Waals surface area (Å²) in [4.78, 5) is 2.58. The molecule has 1 heterocycles. The van der Waals surface area contributed by atoms with E-state index < -0.39 is 0 Å². The van der Waals surface area contributed by atoms with Gasteiger partial charge in [-0.05, 0) is 50.8 Å². The van der Waals surface area contributed by atoms with Gasteiger partial charge < -0.3 is 10.2 Å². The maximum absolute atomic E-state index is 3.67. The molecule has 0 spiro atoms. The zero-order valence-corrected chi connectivity index (χ0v) is 12.7. The summed E-state index contributed by atoms with van der Waals surface area (Å²) in [5, 5.41) is 3.67. The predicted octanol–water partition coefficient (Wildman–Crippen LogP) is 3.53. The molecule has 19 heavy (non-hydrogen) atoms. The SMILES string of the molecule is CCCNC(CC)CN1CCCc2cc(C)ccc21. The van der Waals surface area contributed by atoms with Gasteiger partial charge in [0.05, 0.1) is 0 Å². The molecule has 2 nitrogen and oxygen atoms in total. The van der Waals surface area contributed by atoms with E-state index in [-0.39, 0.29) is 0 Å². The first-order valence-corrected chi connectivity index (χ1v) is 7.82. The minimum atomic E-state index is 0.618. The van der Waals surface area contributed by atoms with Crippen molar-refractivity contribution < 1.29 is 0 Å². The molecule has 1 aliphatic rings. The van der Waals surface area contributed by atoms with Crippen LogP contribution in [0.4, 0.5) is 5.69 Å². The van der Waals surface area contributed by atoms with Crippen molar-refractivity contribution in [3.05, 3.63) is 29.3 Å². The van der Waals surface area contributed by atoms with Crippen LogP contribution in [0.2, 0.25) is 0 Å². The molecule has 0 bridgehead atoms. The maximum Gasteiger partial charge on any atom is 0.0399 e. The van der Waals surface area contributed by atoms with Gasteiger partial charge in [-0.15, -0.1) is 0 Å². The topological polar surface area (TPSA) is 15.3 Å². The summed E-state index contributed by atoms with van der Waals surface area (Å²) in [6.07, 6.45) is 4.96. The Balaban J connectivity index is 2.06. The average molecular weight is 260 g/mol. The zero-order chi connectivity index (χ0) is 13.7. The molecular weight excluding hydrogens is 232 g/mol. The van der Waals surface area contributed by atoms with E-state index in [1.165, 1.54) is 49.0 Å². The van der Waals surface area contributed by atoms with Crippen LogP contribution in [0.1, 0.15) is 44.2 Å². The van der Waals surface area contributed by atoms with Gasteiger partial charge in [-0.3, -0.25) is 0 Å². The Morgan fingerprint density at radius 2 is 2.16 bits per heavy atom. The molecule has 0 radical (unpaired) electrons. The summed E-state index contributed by atoms with van der Waals surface area (Å²) in [6, 6.07) is 7.54. The Hall–Kier alpha value is -1.02. The third-order valence-electron chi connectivity index (χ3n) is 4.07. The van der Waals surface area contributed by atoms with Crippen LogP contribution in [0.3, 0.4) is 0 Å². The van der Waals surface area contributed by atoms with Crippen molar-refractivity contribution >= 4 is 5.69 Å². The van der Waals surface area contributed by atoms with Gasteiger partial charge in [-0.2, -0.15) is 0 Å². The second-order valence-corrected chi connectivity index (χ2v) is 5.74. The molecule has 0 aromatic heterocycles. The van der Waals surface area contributed by atoms with Crippen molar-refractivity contribution in [3.8, 4) is 0 Å². The van der Waals surface area contributed by atoms with Crippen LogP contribution in [0.5, 0.6) is 0 Å². The van der Waals surface area contributed by atoms with E-state index in [0.29, 0.717) is 6.04 Å². The largest absolute Gasteiger partial charge is 0.370 e. The maximum atomic E-state index is 3.67. The van der Waals surface area contributed by atoms with Gasteiger partial charge in [0.15, 0.2) is 0 Å². The molecule has 2 rings (SSSR count). The number of nitrogens with zero attached hydrogens (tertiary/aromatic N) is 1. The minimum absolute atomic E-state index is 0.618. The van der Waals surface area contributed by atoms with Crippen molar-refractivity contribution in [3.63, 3.8) is 0 Å². The fourth-order valence-corrected chi connectivity index (χ4v) is 2.95. The summed E-state index contributed by atoms with van der Waals surface area (Å²) in [5.41, 5.74) is 4.39. The lowest BCUT2D eigenvalue weighted by Crippen LogP contribution is -2.43. The Bertz CT molecular complexity index is 400. The van der Waals surface area contributed by atoms with Crippen LogP contribution in [-0.4, -0.2) is 25.7 Å². The molecule has 1 atom stereocenters. The van der Waals surface area contributed by atoms with E-state index in [4.69, 9.17) is 0 Å². The zero-order valence-electron chi connectivity index (χ0n) is 12.7. The molecule has 1 aromatic carbocycles. The fourth-order valence-electron chi connectivity index (χ4n) is 2.95. The predicted molar refractivity (Wildman–Crippen MR) is 84.1 cm³/mol. The number of benzene rings is 1. The van der Waals surface area contributed by atoms with E-state index in [9.17, 15) is 0 Å². The summed E-state index contributed by atoms with van der Waals surface area (Å²) in [5.74, 6) is 0. The van der Waals surface area contributed by atoms with Crippen molar-refractivity contribution in [2.75, 3.05) is 24.5 Å². The van der Waals surface area contributed by atoms with Crippen LogP contribution < -0.4 is 10.2 Å². The lowest BCUT2D eigenvalue weighted by Gasteiger charge is -2.34. The first kappa shape index (κ1) is 14.4. The molecule has 0 fully saturated rings. The molecule has 0 saturated carbocycles. The van der Waals surface area contributed by atoms with Crippen LogP contribution >= 0.6 is 0 Å². The van der Waals surface area contributed by atoms with Crippen molar-refractivity contribution in [2.45, 2.75) is 52.5 Å². The third-order valence-corrected chi connectivity index (χ3v) is 4.07. The van der Waals surface area contributed by atoms with Gasteiger partial charge in [0.2, 0.25) is 0 Å². The molecule has 0 saturated heterocycles. The third kappa shape index (κ3) is 3.73. The molecule has 2 heteroatoms.